The van der Waals surface area contributed by atoms with E-state index in [0.717, 1.165) is 44.5 Å². The first-order valence-electron chi connectivity index (χ1n) is 8.02. The number of carbonyl (C=O) groups is 1. The Balaban J connectivity index is 1.79. The highest BCUT2D eigenvalue weighted by Crippen LogP contribution is 2.30. The second kappa shape index (κ2) is 8.25. The largest absolute Gasteiger partial charge is 0.388 e. The van der Waals surface area contributed by atoms with Crippen LogP contribution in [0.4, 0.5) is 4.39 Å². The molecule has 1 aromatic carbocycles. The molecule has 1 amide bonds. The highest BCUT2D eigenvalue weighted by atomic mass is 19.1. The number of piperidine rings is 1. The molecule has 2 rings (SSSR count). The van der Waals surface area contributed by atoms with Crippen LogP contribution in [0.3, 0.4) is 0 Å². The van der Waals surface area contributed by atoms with E-state index in [2.05, 4.69) is 10.2 Å². The van der Waals surface area contributed by atoms with Crippen LogP contribution < -0.4 is 5.32 Å². The molecule has 0 radical (unpaired) electrons. The van der Waals surface area contributed by atoms with Crippen molar-refractivity contribution < 1.29 is 14.3 Å². The molecule has 22 heavy (non-hydrogen) atoms. The van der Waals surface area contributed by atoms with E-state index in [9.17, 15) is 14.3 Å². The second-order valence-electron chi connectivity index (χ2n) is 5.96. The summed E-state index contributed by atoms with van der Waals surface area (Å²) in [5.41, 5.74) is 0.764. The Hall–Kier alpha value is -1.46. The molecule has 1 fully saturated rings. The van der Waals surface area contributed by atoms with Gasteiger partial charge in [-0.05, 0) is 56.0 Å². The molecule has 0 spiro atoms. The van der Waals surface area contributed by atoms with Crippen LogP contribution in [0.2, 0.25) is 0 Å². The number of hydrogen-bond donors (Lipinski definition) is 2. The SMILES string of the molecule is CCCNC(=O)CN1CCC(C(O)c2ccc(F)cc2)CC1. The number of hydrogen-bond acceptors (Lipinski definition) is 3. The third-order valence-corrected chi connectivity index (χ3v) is 4.23. The Morgan fingerprint density at radius 2 is 2.00 bits per heavy atom. The zero-order valence-corrected chi connectivity index (χ0v) is 13.1. The topological polar surface area (TPSA) is 52.6 Å². The maximum absolute atomic E-state index is 12.9. The number of amides is 1. The fraction of sp³-hybridized carbons (Fsp3) is 0.588. The van der Waals surface area contributed by atoms with E-state index >= 15 is 0 Å². The molecular weight excluding hydrogens is 283 g/mol. The van der Waals surface area contributed by atoms with Gasteiger partial charge in [0.2, 0.25) is 5.91 Å². The lowest BCUT2D eigenvalue weighted by Crippen LogP contribution is -2.42. The van der Waals surface area contributed by atoms with Crippen LogP contribution in [0, 0.1) is 11.7 Å². The Labute approximate surface area is 131 Å². The van der Waals surface area contributed by atoms with Crippen molar-refractivity contribution in [2.45, 2.75) is 32.3 Å². The van der Waals surface area contributed by atoms with E-state index < -0.39 is 6.10 Å². The molecule has 0 bridgehead atoms. The summed E-state index contributed by atoms with van der Waals surface area (Å²) < 4.78 is 12.9. The highest BCUT2D eigenvalue weighted by molar-refractivity contribution is 5.77. The first-order valence-corrected chi connectivity index (χ1v) is 8.02. The molecular formula is C17H25FN2O2. The van der Waals surface area contributed by atoms with Gasteiger partial charge in [-0.15, -0.1) is 0 Å². The Morgan fingerprint density at radius 3 is 2.59 bits per heavy atom. The standard InChI is InChI=1S/C17H25FN2O2/c1-2-9-19-16(21)12-20-10-7-14(8-11-20)17(22)13-3-5-15(18)6-4-13/h3-6,14,17,22H,2,7-12H2,1H3,(H,19,21). The fourth-order valence-corrected chi connectivity index (χ4v) is 2.88. The molecule has 5 heteroatoms. The number of aliphatic hydroxyl groups excluding tert-OH is 1. The number of nitrogens with zero attached hydrogens (tertiary/aromatic N) is 1. The molecule has 1 heterocycles. The van der Waals surface area contributed by atoms with Gasteiger partial charge in [-0.1, -0.05) is 19.1 Å². The molecule has 0 aliphatic carbocycles. The maximum Gasteiger partial charge on any atom is 0.234 e. The van der Waals surface area contributed by atoms with Gasteiger partial charge in [0.05, 0.1) is 12.6 Å². The molecule has 4 nitrogen and oxygen atoms in total. The van der Waals surface area contributed by atoms with Gasteiger partial charge < -0.3 is 10.4 Å². The first-order chi connectivity index (χ1) is 10.6. The lowest BCUT2D eigenvalue weighted by molar-refractivity contribution is -0.122. The average molecular weight is 308 g/mol. The molecule has 1 aliphatic rings. The summed E-state index contributed by atoms with van der Waals surface area (Å²) in [4.78, 5) is 13.8. The number of benzene rings is 1. The van der Waals surface area contributed by atoms with Gasteiger partial charge in [0.15, 0.2) is 0 Å². The van der Waals surface area contributed by atoms with Crippen molar-refractivity contribution in [1.82, 2.24) is 10.2 Å². The van der Waals surface area contributed by atoms with Crippen molar-refractivity contribution in [3.63, 3.8) is 0 Å². The molecule has 1 aliphatic heterocycles. The first kappa shape index (κ1) is 16.9. The lowest BCUT2D eigenvalue weighted by atomic mass is 9.87. The van der Waals surface area contributed by atoms with Crippen molar-refractivity contribution in [2.75, 3.05) is 26.2 Å². The molecule has 1 atom stereocenters. The number of aliphatic hydroxyl groups is 1. The van der Waals surface area contributed by atoms with Gasteiger partial charge in [-0.2, -0.15) is 0 Å². The van der Waals surface area contributed by atoms with Gasteiger partial charge in [0, 0.05) is 6.54 Å². The Kier molecular flexibility index (Phi) is 6.34. The van der Waals surface area contributed by atoms with E-state index in [-0.39, 0.29) is 17.6 Å². The van der Waals surface area contributed by atoms with E-state index in [1.165, 1.54) is 12.1 Å². The monoisotopic (exact) mass is 308 g/mol. The zero-order valence-electron chi connectivity index (χ0n) is 13.1. The van der Waals surface area contributed by atoms with Crippen LogP contribution in [-0.2, 0) is 4.79 Å². The van der Waals surface area contributed by atoms with Crippen LogP contribution in [0.5, 0.6) is 0 Å². The van der Waals surface area contributed by atoms with Gasteiger partial charge in [0.1, 0.15) is 5.82 Å². The number of nitrogens with one attached hydrogen (secondary N) is 1. The normalized spacial score (nSPS) is 18.1. The number of halogens is 1. The molecule has 1 saturated heterocycles. The second-order valence-corrected chi connectivity index (χ2v) is 5.96. The van der Waals surface area contributed by atoms with Crippen LogP contribution in [0.15, 0.2) is 24.3 Å². The average Bonchev–Trinajstić information content (AvgIpc) is 2.54. The van der Waals surface area contributed by atoms with Crippen LogP contribution in [0.25, 0.3) is 0 Å². The summed E-state index contributed by atoms with van der Waals surface area (Å²) in [6.45, 7) is 4.80. The third kappa shape index (κ3) is 4.78. The van der Waals surface area contributed by atoms with Crippen LogP contribution in [0.1, 0.15) is 37.9 Å². The number of rotatable bonds is 6. The lowest BCUT2D eigenvalue weighted by Gasteiger charge is -2.34. The molecule has 0 saturated carbocycles. The fourth-order valence-electron chi connectivity index (χ4n) is 2.88. The smallest absolute Gasteiger partial charge is 0.234 e. The van der Waals surface area contributed by atoms with Crippen LogP contribution >= 0.6 is 0 Å². The zero-order chi connectivity index (χ0) is 15.9. The predicted octanol–water partition coefficient (Wildman–Crippen LogP) is 2.10. The van der Waals surface area contributed by atoms with E-state index in [4.69, 9.17) is 0 Å². The van der Waals surface area contributed by atoms with Crippen molar-refractivity contribution in [1.29, 1.82) is 0 Å². The minimum atomic E-state index is -0.559. The maximum atomic E-state index is 12.9. The van der Waals surface area contributed by atoms with E-state index in [0.29, 0.717) is 6.54 Å². The summed E-state index contributed by atoms with van der Waals surface area (Å²) in [5, 5.41) is 13.3. The Morgan fingerprint density at radius 1 is 1.36 bits per heavy atom. The minimum absolute atomic E-state index is 0.0689. The van der Waals surface area contributed by atoms with Gasteiger partial charge in [-0.3, -0.25) is 9.69 Å². The van der Waals surface area contributed by atoms with E-state index in [1.54, 1.807) is 12.1 Å². The number of likely N-dealkylation sites (tertiary alicyclic amines) is 1. The van der Waals surface area contributed by atoms with Crippen LogP contribution in [-0.4, -0.2) is 42.1 Å². The molecule has 0 aromatic heterocycles. The Bertz CT molecular complexity index is 470. The molecule has 1 unspecified atom stereocenters. The summed E-state index contributed by atoms with van der Waals surface area (Å²) in [5.74, 6) is -0.0522. The van der Waals surface area contributed by atoms with Crippen molar-refractivity contribution in [3.05, 3.63) is 35.6 Å². The summed E-state index contributed by atoms with van der Waals surface area (Å²) >= 11 is 0. The van der Waals surface area contributed by atoms with Crippen molar-refractivity contribution in [3.8, 4) is 0 Å². The summed E-state index contributed by atoms with van der Waals surface area (Å²) in [6.07, 6.45) is 2.08. The third-order valence-electron chi connectivity index (χ3n) is 4.23. The van der Waals surface area contributed by atoms with Gasteiger partial charge in [0.25, 0.3) is 0 Å². The summed E-state index contributed by atoms with van der Waals surface area (Å²) in [7, 11) is 0. The van der Waals surface area contributed by atoms with Gasteiger partial charge >= 0.3 is 0 Å². The minimum Gasteiger partial charge on any atom is -0.388 e. The van der Waals surface area contributed by atoms with E-state index in [1.807, 2.05) is 6.92 Å². The van der Waals surface area contributed by atoms with Crippen molar-refractivity contribution >= 4 is 5.91 Å². The molecule has 122 valence electrons. The molecule has 1 aromatic rings. The number of carbonyl (C=O) groups excluding carboxylic acids is 1. The predicted molar refractivity (Wildman–Crippen MR) is 83.8 cm³/mol. The summed E-state index contributed by atoms with van der Waals surface area (Å²) in [6, 6.07) is 6.05. The molecule has 2 N–H and O–H groups in total. The van der Waals surface area contributed by atoms with Crippen molar-refractivity contribution in [2.24, 2.45) is 5.92 Å². The highest BCUT2D eigenvalue weighted by Gasteiger charge is 2.26. The van der Waals surface area contributed by atoms with Gasteiger partial charge in [-0.25, -0.2) is 4.39 Å². The quantitative estimate of drug-likeness (QED) is 0.846.